The van der Waals surface area contributed by atoms with E-state index in [1.165, 1.54) is 0 Å². The molecule has 0 heterocycles. The van der Waals surface area contributed by atoms with Gasteiger partial charge >= 0.3 is 0 Å². The second-order valence-electron chi connectivity index (χ2n) is 2.19. The van der Waals surface area contributed by atoms with Crippen LogP contribution >= 0.6 is 35.6 Å². The van der Waals surface area contributed by atoms with Gasteiger partial charge < -0.3 is 5.32 Å². The summed E-state index contributed by atoms with van der Waals surface area (Å²) >= 11 is 11.5. The van der Waals surface area contributed by atoms with Crippen molar-refractivity contribution in [2.24, 2.45) is 0 Å². The van der Waals surface area contributed by atoms with Gasteiger partial charge in [-0.2, -0.15) is 0 Å². The average molecular weight is 227 g/mol. The Morgan fingerprint density at radius 1 is 1.17 bits per heavy atom. The predicted octanol–water partition coefficient (Wildman–Crippen LogP) is 3.85. The van der Waals surface area contributed by atoms with Crippen LogP contribution in [-0.4, -0.2) is 6.54 Å². The lowest BCUT2D eigenvalue weighted by molar-refractivity contribution is 1.21. The summed E-state index contributed by atoms with van der Waals surface area (Å²) in [5, 5.41) is 4.44. The van der Waals surface area contributed by atoms with E-state index in [4.69, 9.17) is 23.2 Å². The Morgan fingerprint density at radius 2 is 1.67 bits per heavy atom. The number of halogens is 3. The van der Waals surface area contributed by atoms with E-state index in [-0.39, 0.29) is 12.4 Å². The molecule has 0 atom stereocenters. The first-order valence-electron chi connectivity index (χ1n) is 3.42. The van der Waals surface area contributed by atoms with Crippen LogP contribution in [0.25, 0.3) is 0 Å². The average Bonchev–Trinajstić information content (AvgIpc) is 1.85. The van der Waals surface area contributed by atoms with Gasteiger partial charge in [-0.1, -0.05) is 23.2 Å². The summed E-state index contributed by atoms with van der Waals surface area (Å²) in [6.07, 6.45) is 0. The fourth-order valence-electron chi connectivity index (χ4n) is 0.860. The summed E-state index contributed by atoms with van der Waals surface area (Å²) < 4.78 is 0. The standard InChI is InChI=1S/C8H9Cl2N.ClH/c1-2-11-8-4-6(9)3-7(10)5-8;/h3-5,11H,2H2,1H3;1H. The van der Waals surface area contributed by atoms with Gasteiger partial charge in [-0.15, -0.1) is 12.4 Å². The molecule has 1 nitrogen and oxygen atoms in total. The maximum absolute atomic E-state index is 5.76. The second-order valence-corrected chi connectivity index (χ2v) is 3.06. The predicted molar refractivity (Wildman–Crippen MR) is 57.9 cm³/mol. The van der Waals surface area contributed by atoms with Gasteiger partial charge in [0.05, 0.1) is 0 Å². The van der Waals surface area contributed by atoms with Crippen molar-refractivity contribution in [2.75, 3.05) is 11.9 Å². The number of nitrogens with one attached hydrogen (secondary N) is 1. The van der Waals surface area contributed by atoms with Gasteiger partial charge in [0.25, 0.3) is 0 Å². The van der Waals surface area contributed by atoms with E-state index >= 15 is 0 Å². The van der Waals surface area contributed by atoms with E-state index in [9.17, 15) is 0 Å². The first-order valence-corrected chi connectivity index (χ1v) is 4.18. The zero-order valence-electron chi connectivity index (χ0n) is 6.60. The monoisotopic (exact) mass is 225 g/mol. The summed E-state index contributed by atoms with van der Waals surface area (Å²) in [4.78, 5) is 0. The van der Waals surface area contributed by atoms with Gasteiger partial charge in [0.1, 0.15) is 0 Å². The van der Waals surface area contributed by atoms with Gasteiger partial charge in [0.2, 0.25) is 0 Å². The van der Waals surface area contributed by atoms with Crippen LogP contribution in [0.15, 0.2) is 18.2 Å². The molecule has 0 aromatic heterocycles. The van der Waals surface area contributed by atoms with Gasteiger partial charge in [-0.05, 0) is 25.1 Å². The van der Waals surface area contributed by atoms with Crippen LogP contribution < -0.4 is 5.32 Å². The molecular formula is C8H10Cl3N. The molecule has 0 aliphatic carbocycles. The fourth-order valence-corrected chi connectivity index (χ4v) is 1.39. The lowest BCUT2D eigenvalue weighted by Gasteiger charge is -2.03. The molecule has 0 bridgehead atoms. The third-order valence-corrected chi connectivity index (χ3v) is 1.68. The molecule has 0 amide bonds. The summed E-state index contributed by atoms with van der Waals surface area (Å²) in [7, 11) is 0. The summed E-state index contributed by atoms with van der Waals surface area (Å²) in [6, 6.07) is 5.40. The highest BCUT2D eigenvalue weighted by molar-refractivity contribution is 6.35. The Hall–Kier alpha value is -0.110. The number of hydrogen-bond donors (Lipinski definition) is 1. The number of rotatable bonds is 2. The Bertz CT molecular complexity index is 230. The molecule has 1 aromatic rings. The van der Waals surface area contributed by atoms with E-state index in [0.29, 0.717) is 10.0 Å². The molecule has 4 heteroatoms. The van der Waals surface area contributed by atoms with Gasteiger partial charge in [-0.3, -0.25) is 0 Å². The van der Waals surface area contributed by atoms with Crippen LogP contribution in [-0.2, 0) is 0 Å². The minimum atomic E-state index is 0. The maximum atomic E-state index is 5.76. The van der Waals surface area contributed by atoms with Crippen molar-refractivity contribution >= 4 is 41.3 Å². The van der Waals surface area contributed by atoms with Gasteiger partial charge in [-0.25, -0.2) is 0 Å². The molecule has 1 aromatic carbocycles. The third-order valence-electron chi connectivity index (χ3n) is 1.24. The second kappa shape index (κ2) is 5.52. The molecule has 68 valence electrons. The van der Waals surface area contributed by atoms with E-state index in [1.807, 2.05) is 19.1 Å². The van der Waals surface area contributed by atoms with E-state index in [0.717, 1.165) is 12.2 Å². The molecule has 0 saturated carbocycles. The Labute approximate surface area is 88.5 Å². The minimum Gasteiger partial charge on any atom is -0.385 e. The normalized spacial score (nSPS) is 8.92. The summed E-state index contributed by atoms with van der Waals surface area (Å²) in [6.45, 7) is 2.89. The molecule has 0 spiro atoms. The van der Waals surface area contributed by atoms with Crippen LogP contribution in [0.3, 0.4) is 0 Å². The highest BCUT2D eigenvalue weighted by Crippen LogP contribution is 2.21. The highest BCUT2D eigenvalue weighted by Gasteiger charge is 1.95. The smallest absolute Gasteiger partial charge is 0.0441 e. The molecule has 0 aliphatic heterocycles. The molecule has 1 rings (SSSR count). The van der Waals surface area contributed by atoms with Crippen molar-refractivity contribution in [1.29, 1.82) is 0 Å². The van der Waals surface area contributed by atoms with Crippen LogP contribution in [0, 0.1) is 0 Å². The largest absolute Gasteiger partial charge is 0.385 e. The van der Waals surface area contributed by atoms with Crippen molar-refractivity contribution in [3.8, 4) is 0 Å². The molecule has 0 aliphatic rings. The van der Waals surface area contributed by atoms with E-state index in [1.54, 1.807) is 6.07 Å². The minimum absolute atomic E-state index is 0. The summed E-state index contributed by atoms with van der Waals surface area (Å²) in [5.41, 5.74) is 0.963. The zero-order chi connectivity index (χ0) is 8.27. The molecule has 1 N–H and O–H groups in total. The molecule has 0 fully saturated rings. The quantitative estimate of drug-likeness (QED) is 0.808. The lowest BCUT2D eigenvalue weighted by Crippen LogP contribution is -1.95. The van der Waals surface area contributed by atoms with Crippen molar-refractivity contribution in [3.63, 3.8) is 0 Å². The van der Waals surface area contributed by atoms with Crippen LogP contribution in [0.1, 0.15) is 6.92 Å². The molecule has 0 radical (unpaired) electrons. The first-order chi connectivity index (χ1) is 5.22. The van der Waals surface area contributed by atoms with E-state index < -0.39 is 0 Å². The molecule has 0 saturated heterocycles. The van der Waals surface area contributed by atoms with Crippen LogP contribution in [0.2, 0.25) is 10.0 Å². The number of anilines is 1. The van der Waals surface area contributed by atoms with Gasteiger partial charge in [0, 0.05) is 22.3 Å². The Balaban J connectivity index is 0.00000121. The highest BCUT2D eigenvalue weighted by atomic mass is 35.5. The Kier molecular flexibility index (Phi) is 5.47. The fraction of sp³-hybridized carbons (Fsp3) is 0.250. The van der Waals surface area contributed by atoms with Crippen LogP contribution in [0.5, 0.6) is 0 Å². The number of hydrogen-bond acceptors (Lipinski definition) is 1. The molecular weight excluding hydrogens is 216 g/mol. The Morgan fingerprint density at radius 3 is 2.08 bits per heavy atom. The van der Waals surface area contributed by atoms with Crippen molar-refractivity contribution < 1.29 is 0 Å². The van der Waals surface area contributed by atoms with Crippen molar-refractivity contribution in [3.05, 3.63) is 28.2 Å². The maximum Gasteiger partial charge on any atom is 0.0441 e. The lowest BCUT2D eigenvalue weighted by atomic mass is 10.3. The van der Waals surface area contributed by atoms with E-state index in [2.05, 4.69) is 5.32 Å². The van der Waals surface area contributed by atoms with Crippen molar-refractivity contribution in [1.82, 2.24) is 0 Å². The topological polar surface area (TPSA) is 12.0 Å². The SMILES string of the molecule is CCNc1cc(Cl)cc(Cl)c1.Cl. The van der Waals surface area contributed by atoms with Gasteiger partial charge in [0.15, 0.2) is 0 Å². The first kappa shape index (κ1) is 11.9. The molecule has 12 heavy (non-hydrogen) atoms. The van der Waals surface area contributed by atoms with Crippen LogP contribution in [0.4, 0.5) is 5.69 Å². The third kappa shape index (κ3) is 3.53. The summed E-state index contributed by atoms with van der Waals surface area (Å²) in [5.74, 6) is 0. The number of benzene rings is 1. The zero-order valence-corrected chi connectivity index (χ0v) is 8.93. The molecule has 0 unspecified atom stereocenters. The van der Waals surface area contributed by atoms with Crippen molar-refractivity contribution in [2.45, 2.75) is 6.92 Å².